The van der Waals surface area contributed by atoms with Gasteiger partial charge in [0.2, 0.25) is 5.91 Å². The van der Waals surface area contributed by atoms with E-state index >= 15 is 0 Å². The Morgan fingerprint density at radius 3 is 2.85 bits per heavy atom. The van der Waals surface area contributed by atoms with Crippen molar-refractivity contribution in [3.63, 3.8) is 0 Å². The summed E-state index contributed by atoms with van der Waals surface area (Å²) in [5.41, 5.74) is 7.25. The molecule has 0 unspecified atom stereocenters. The number of anilines is 1. The number of hydrogen-bond acceptors (Lipinski definition) is 5. The van der Waals surface area contributed by atoms with Crippen LogP contribution in [0.5, 0.6) is 0 Å². The molecule has 1 aromatic heterocycles. The second-order valence-electron chi connectivity index (χ2n) is 4.67. The number of carbonyl (C=O) groups is 1. The summed E-state index contributed by atoms with van der Waals surface area (Å²) < 4.78 is 1.49. The Kier molecular flexibility index (Phi) is 4.41. The van der Waals surface area contributed by atoms with Gasteiger partial charge in [0.25, 0.3) is 0 Å². The fourth-order valence-corrected chi connectivity index (χ4v) is 1.78. The molecule has 0 saturated carbocycles. The molecule has 7 nitrogen and oxygen atoms in total. The molecule has 0 bridgehead atoms. The van der Waals surface area contributed by atoms with Crippen molar-refractivity contribution in [3.05, 3.63) is 30.6 Å². The SMILES string of the molecule is CC[C@H](C)[C@H](N)C(=O)Nc1ccccc1-n1cnnn1. The Bertz CT molecular complexity index is 568. The molecule has 7 heteroatoms. The maximum absolute atomic E-state index is 12.1. The van der Waals surface area contributed by atoms with Gasteiger partial charge in [0.15, 0.2) is 0 Å². The summed E-state index contributed by atoms with van der Waals surface area (Å²) >= 11 is 0. The van der Waals surface area contributed by atoms with Crippen molar-refractivity contribution in [2.45, 2.75) is 26.3 Å². The minimum Gasteiger partial charge on any atom is -0.323 e. The molecule has 3 N–H and O–H groups in total. The van der Waals surface area contributed by atoms with E-state index in [2.05, 4.69) is 20.8 Å². The van der Waals surface area contributed by atoms with Crippen LogP contribution in [0.15, 0.2) is 30.6 Å². The van der Waals surface area contributed by atoms with E-state index in [1.165, 1.54) is 11.0 Å². The van der Waals surface area contributed by atoms with Gasteiger partial charge in [0.05, 0.1) is 17.4 Å². The number of tetrazole rings is 1. The quantitative estimate of drug-likeness (QED) is 0.846. The van der Waals surface area contributed by atoms with Crippen LogP contribution in [0, 0.1) is 5.92 Å². The predicted molar refractivity (Wildman–Crippen MR) is 75.2 cm³/mol. The third-order valence-corrected chi connectivity index (χ3v) is 3.32. The summed E-state index contributed by atoms with van der Waals surface area (Å²) in [6.45, 7) is 3.96. The molecule has 20 heavy (non-hydrogen) atoms. The summed E-state index contributed by atoms with van der Waals surface area (Å²) in [5, 5.41) is 13.8. The second-order valence-corrected chi connectivity index (χ2v) is 4.67. The van der Waals surface area contributed by atoms with Crippen LogP contribution in [0.3, 0.4) is 0 Å². The average molecular weight is 274 g/mol. The molecule has 2 aromatic rings. The van der Waals surface area contributed by atoms with E-state index in [1.807, 2.05) is 32.0 Å². The number of carbonyl (C=O) groups excluding carboxylic acids is 1. The lowest BCUT2D eigenvalue weighted by Crippen LogP contribution is -2.40. The molecular weight excluding hydrogens is 256 g/mol. The molecule has 106 valence electrons. The normalized spacial score (nSPS) is 13.8. The predicted octanol–water partition coefficient (Wildman–Crippen LogP) is 0.974. The molecule has 0 radical (unpaired) electrons. The zero-order valence-electron chi connectivity index (χ0n) is 11.5. The maximum Gasteiger partial charge on any atom is 0.241 e. The Morgan fingerprint density at radius 2 is 2.20 bits per heavy atom. The topological polar surface area (TPSA) is 98.7 Å². The van der Waals surface area contributed by atoms with Crippen molar-refractivity contribution in [3.8, 4) is 5.69 Å². The first-order valence-corrected chi connectivity index (χ1v) is 6.52. The number of amides is 1. The summed E-state index contributed by atoms with van der Waals surface area (Å²) in [6.07, 6.45) is 2.32. The van der Waals surface area contributed by atoms with Gasteiger partial charge in [-0.05, 0) is 28.5 Å². The van der Waals surface area contributed by atoms with Crippen LogP contribution in [0.2, 0.25) is 0 Å². The fourth-order valence-electron chi connectivity index (χ4n) is 1.78. The van der Waals surface area contributed by atoms with Gasteiger partial charge in [-0.15, -0.1) is 5.10 Å². The van der Waals surface area contributed by atoms with Crippen LogP contribution < -0.4 is 11.1 Å². The molecule has 1 heterocycles. The molecule has 0 saturated heterocycles. The lowest BCUT2D eigenvalue weighted by molar-refractivity contribution is -0.118. The zero-order valence-corrected chi connectivity index (χ0v) is 11.5. The Balaban J connectivity index is 2.20. The molecule has 0 aliphatic rings. The smallest absolute Gasteiger partial charge is 0.241 e. The van der Waals surface area contributed by atoms with Crippen LogP contribution in [0.1, 0.15) is 20.3 Å². The van der Waals surface area contributed by atoms with E-state index in [9.17, 15) is 4.79 Å². The van der Waals surface area contributed by atoms with Gasteiger partial charge in [-0.3, -0.25) is 4.79 Å². The first kappa shape index (κ1) is 14.1. The number of hydrogen-bond donors (Lipinski definition) is 2. The first-order valence-electron chi connectivity index (χ1n) is 6.52. The molecule has 0 spiro atoms. The molecule has 1 amide bonds. The van der Waals surface area contributed by atoms with Crippen molar-refractivity contribution in [2.75, 3.05) is 5.32 Å². The summed E-state index contributed by atoms with van der Waals surface area (Å²) in [7, 11) is 0. The standard InChI is InChI=1S/C13H18N6O/c1-3-9(2)12(14)13(20)16-10-6-4-5-7-11(10)19-8-15-17-18-19/h4-9,12H,3,14H2,1-2H3,(H,16,20)/t9-,12-/m0/s1. The monoisotopic (exact) mass is 274 g/mol. The fraction of sp³-hybridized carbons (Fsp3) is 0.385. The average Bonchev–Trinajstić information content (AvgIpc) is 3.00. The first-order chi connectivity index (χ1) is 9.63. The number of nitrogens with zero attached hydrogens (tertiary/aromatic N) is 4. The van der Waals surface area contributed by atoms with Gasteiger partial charge in [0.1, 0.15) is 6.33 Å². The van der Waals surface area contributed by atoms with Gasteiger partial charge in [-0.25, -0.2) is 0 Å². The number of aromatic nitrogens is 4. The zero-order chi connectivity index (χ0) is 14.5. The van der Waals surface area contributed by atoms with Crippen molar-refractivity contribution in [2.24, 2.45) is 11.7 Å². The van der Waals surface area contributed by atoms with Gasteiger partial charge < -0.3 is 11.1 Å². The Morgan fingerprint density at radius 1 is 1.45 bits per heavy atom. The highest BCUT2D eigenvalue weighted by molar-refractivity contribution is 5.96. The Labute approximate surface area is 117 Å². The largest absolute Gasteiger partial charge is 0.323 e. The van der Waals surface area contributed by atoms with E-state index < -0.39 is 6.04 Å². The van der Waals surface area contributed by atoms with Crippen molar-refractivity contribution >= 4 is 11.6 Å². The number of para-hydroxylation sites is 2. The van der Waals surface area contributed by atoms with Crippen LogP contribution in [-0.4, -0.2) is 32.2 Å². The van der Waals surface area contributed by atoms with E-state index in [0.29, 0.717) is 11.4 Å². The Hall–Kier alpha value is -2.28. The lowest BCUT2D eigenvalue weighted by atomic mass is 9.99. The van der Waals surface area contributed by atoms with Crippen molar-refractivity contribution < 1.29 is 4.79 Å². The van der Waals surface area contributed by atoms with E-state index in [4.69, 9.17) is 5.73 Å². The van der Waals surface area contributed by atoms with Crippen molar-refractivity contribution in [1.82, 2.24) is 20.2 Å². The van der Waals surface area contributed by atoms with Gasteiger partial charge in [0, 0.05) is 0 Å². The highest BCUT2D eigenvalue weighted by Crippen LogP contribution is 2.19. The van der Waals surface area contributed by atoms with Gasteiger partial charge in [-0.2, -0.15) is 4.68 Å². The highest BCUT2D eigenvalue weighted by Gasteiger charge is 2.20. The van der Waals surface area contributed by atoms with Crippen molar-refractivity contribution in [1.29, 1.82) is 0 Å². The minimum absolute atomic E-state index is 0.121. The summed E-state index contributed by atoms with van der Waals surface area (Å²) in [5.74, 6) is -0.0879. The third kappa shape index (κ3) is 3.00. The summed E-state index contributed by atoms with van der Waals surface area (Å²) in [4.78, 5) is 12.1. The third-order valence-electron chi connectivity index (χ3n) is 3.32. The molecular formula is C13H18N6O. The number of nitrogens with two attached hydrogens (primary N) is 1. The van der Waals surface area contributed by atoms with Gasteiger partial charge >= 0.3 is 0 Å². The molecule has 2 rings (SSSR count). The minimum atomic E-state index is -0.540. The van der Waals surface area contributed by atoms with Crippen LogP contribution in [0.25, 0.3) is 5.69 Å². The maximum atomic E-state index is 12.1. The molecule has 2 atom stereocenters. The van der Waals surface area contributed by atoms with E-state index in [0.717, 1.165) is 6.42 Å². The lowest BCUT2D eigenvalue weighted by Gasteiger charge is -2.18. The van der Waals surface area contributed by atoms with Crippen LogP contribution in [0.4, 0.5) is 5.69 Å². The number of nitrogens with one attached hydrogen (secondary N) is 1. The van der Waals surface area contributed by atoms with E-state index in [1.54, 1.807) is 6.07 Å². The molecule has 1 aromatic carbocycles. The number of rotatable bonds is 5. The van der Waals surface area contributed by atoms with Crippen LogP contribution >= 0.6 is 0 Å². The van der Waals surface area contributed by atoms with Crippen LogP contribution in [-0.2, 0) is 4.79 Å². The van der Waals surface area contributed by atoms with E-state index in [-0.39, 0.29) is 11.8 Å². The molecule has 0 fully saturated rings. The molecule has 0 aliphatic carbocycles. The number of benzene rings is 1. The molecule has 0 aliphatic heterocycles. The second kappa shape index (κ2) is 6.25. The van der Waals surface area contributed by atoms with Gasteiger partial charge in [-0.1, -0.05) is 32.4 Å². The highest BCUT2D eigenvalue weighted by atomic mass is 16.2. The summed E-state index contributed by atoms with van der Waals surface area (Å²) in [6, 6.07) is 6.75.